The molecule has 1 N–H and O–H groups in total. The minimum absolute atomic E-state index is 0.0966. The maximum absolute atomic E-state index is 13.3. The molecule has 0 radical (unpaired) electrons. The van der Waals surface area contributed by atoms with Gasteiger partial charge >= 0.3 is 12.1 Å². The van der Waals surface area contributed by atoms with Crippen molar-refractivity contribution in [3.63, 3.8) is 0 Å². The van der Waals surface area contributed by atoms with Crippen molar-refractivity contribution in [3.8, 4) is 5.88 Å². The molecule has 4 aliphatic rings. The summed E-state index contributed by atoms with van der Waals surface area (Å²) in [5, 5.41) is 3.07. The predicted octanol–water partition coefficient (Wildman–Crippen LogP) is 4.95. The minimum atomic E-state index is -0.483. The molecule has 210 valence electrons. The quantitative estimate of drug-likeness (QED) is 0.564. The van der Waals surface area contributed by atoms with Crippen molar-refractivity contribution in [1.82, 2.24) is 20.1 Å². The van der Waals surface area contributed by atoms with Crippen molar-refractivity contribution in [3.05, 3.63) is 18.3 Å². The van der Waals surface area contributed by atoms with Crippen LogP contribution < -0.4 is 15.0 Å². The Labute approximate surface area is 227 Å². The number of carbonyl (C=O) groups is 2. The average Bonchev–Trinajstić information content (AvgIpc) is 3.53. The molecule has 38 heavy (non-hydrogen) atoms. The topological polar surface area (TPSA) is 87.2 Å². The monoisotopic (exact) mass is 527 g/mol. The van der Waals surface area contributed by atoms with E-state index in [0.717, 1.165) is 76.7 Å². The molecule has 0 spiro atoms. The van der Waals surface area contributed by atoms with Gasteiger partial charge in [-0.1, -0.05) is 0 Å². The van der Waals surface area contributed by atoms with Crippen LogP contribution in [0.4, 0.5) is 15.3 Å². The zero-order valence-electron chi connectivity index (χ0n) is 23.4. The second-order valence-corrected chi connectivity index (χ2v) is 12.4. The molecule has 1 aromatic rings. The molecule has 9 heteroatoms. The molecule has 2 saturated carbocycles. The smallest absolute Gasteiger partial charge is 0.407 e. The number of nitrogens with one attached hydrogen (secondary N) is 1. The highest BCUT2D eigenvalue weighted by molar-refractivity contribution is 5.94. The van der Waals surface area contributed by atoms with Crippen LogP contribution in [0.2, 0.25) is 0 Å². The third-order valence-corrected chi connectivity index (χ3v) is 8.46. The maximum Gasteiger partial charge on any atom is 0.407 e. The molecule has 0 bridgehead atoms. The van der Waals surface area contributed by atoms with Crippen LogP contribution in [0.15, 0.2) is 18.3 Å². The average molecular weight is 528 g/mol. The van der Waals surface area contributed by atoms with Gasteiger partial charge in [0.1, 0.15) is 11.7 Å². The van der Waals surface area contributed by atoms with Gasteiger partial charge < -0.3 is 19.7 Å². The Morgan fingerprint density at radius 3 is 2.37 bits per heavy atom. The molecular weight excluding hydrogens is 482 g/mol. The molecule has 0 unspecified atom stereocenters. The summed E-state index contributed by atoms with van der Waals surface area (Å²) in [6.07, 6.45) is 12.7. The van der Waals surface area contributed by atoms with Crippen LogP contribution in [0.1, 0.15) is 85.0 Å². The fourth-order valence-electron chi connectivity index (χ4n) is 6.58. The minimum Gasteiger partial charge on any atom is -0.474 e. The van der Waals surface area contributed by atoms with Crippen molar-refractivity contribution in [2.75, 3.05) is 31.1 Å². The lowest BCUT2D eigenvalue weighted by Gasteiger charge is -2.42. The molecule has 2 saturated heterocycles. The summed E-state index contributed by atoms with van der Waals surface area (Å²) in [4.78, 5) is 36.5. The summed E-state index contributed by atoms with van der Waals surface area (Å²) < 4.78 is 11.4. The first-order chi connectivity index (χ1) is 18.2. The van der Waals surface area contributed by atoms with Gasteiger partial charge in [-0.25, -0.2) is 14.6 Å². The molecule has 3 amide bonds. The SMILES string of the molecule is CC(C)(C)OC(=O)N[C@@H]1CCCN(C2CCC(N3CCN(c4ccc(OC5CCCC5)nc4)C3=O)CC2)C1. The fourth-order valence-corrected chi connectivity index (χ4v) is 6.58. The van der Waals surface area contributed by atoms with E-state index in [9.17, 15) is 9.59 Å². The summed E-state index contributed by atoms with van der Waals surface area (Å²) in [6.45, 7) is 9.09. The summed E-state index contributed by atoms with van der Waals surface area (Å²) in [5.74, 6) is 0.656. The van der Waals surface area contributed by atoms with Crippen molar-refractivity contribution in [1.29, 1.82) is 0 Å². The Bertz CT molecular complexity index is 951. The van der Waals surface area contributed by atoms with E-state index in [-0.39, 0.29) is 24.3 Å². The number of likely N-dealkylation sites (tertiary alicyclic amines) is 1. The van der Waals surface area contributed by atoms with Gasteiger partial charge in [0.25, 0.3) is 0 Å². The number of urea groups is 1. The number of piperidine rings is 1. The molecule has 2 aliphatic carbocycles. The number of rotatable bonds is 6. The first kappa shape index (κ1) is 27.0. The van der Waals surface area contributed by atoms with Gasteiger partial charge in [0, 0.05) is 43.8 Å². The lowest BCUT2D eigenvalue weighted by molar-refractivity contribution is 0.0429. The Morgan fingerprint density at radius 1 is 0.947 bits per heavy atom. The normalized spacial score (nSPS) is 27.6. The second kappa shape index (κ2) is 11.7. The molecule has 4 fully saturated rings. The molecule has 0 aromatic carbocycles. The van der Waals surface area contributed by atoms with Gasteiger partial charge in [-0.2, -0.15) is 0 Å². The number of carbonyl (C=O) groups excluding carboxylic acids is 2. The van der Waals surface area contributed by atoms with Gasteiger partial charge in [-0.05, 0) is 97.6 Å². The lowest BCUT2D eigenvalue weighted by atomic mass is 9.88. The van der Waals surface area contributed by atoms with E-state index in [1.165, 1.54) is 12.8 Å². The van der Waals surface area contributed by atoms with E-state index in [4.69, 9.17) is 9.47 Å². The van der Waals surface area contributed by atoms with E-state index in [1.54, 1.807) is 6.20 Å². The molecule has 1 aromatic heterocycles. The number of amides is 3. The number of pyridine rings is 1. The van der Waals surface area contributed by atoms with Crippen molar-refractivity contribution in [2.24, 2.45) is 0 Å². The van der Waals surface area contributed by atoms with E-state index in [2.05, 4.69) is 20.1 Å². The summed E-state index contributed by atoms with van der Waals surface area (Å²) in [6, 6.07) is 4.90. The van der Waals surface area contributed by atoms with Crippen LogP contribution in [0.5, 0.6) is 5.88 Å². The number of anilines is 1. The second-order valence-electron chi connectivity index (χ2n) is 12.4. The van der Waals surface area contributed by atoms with Crippen LogP contribution in [-0.4, -0.2) is 82.9 Å². The molecule has 1 atom stereocenters. The summed E-state index contributed by atoms with van der Waals surface area (Å²) >= 11 is 0. The zero-order chi connectivity index (χ0) is 26.7. The molecule has 2 aliphatic heterocycles. The van der Waals surface area contributed by atoms with Crippen molar-refractivity contribution < 1.29 is 19.1 Å². The number of hydrogen-bond acceptors (Lipinski definition) is 6. The van der Waals surface area contributed by atoms with Gasteiger partial charge in [-0.15, -0.1) is 0 Å². The lowest BCUT2D eigenvalue weighted by Crippen LogP contribution is -2.53. The van der Waals surface area contributed by atoms with Crippen molar-refractivity contribution >= 4 is 17.8 Å². The van der Waals surface area contributed by atoms with Crippen molar-refractivity contribution in [2.45, 2.75) is 115 Å². The summed E-state index contributed by atoms with van der Waals surface area (Å²) in [7, 11) is 0. The highest BCUT2D eigenvalue weighted by Crippen LogP contribution is 2.32. The number of hydrogen-bond donors (Lipinski definition) is 1. The van der Waals surface area contributed by atoms with Crippen LogP contribution in [0, 0.1) is 0 Å². The molecule has 5 rings (SSSR count). The van der Waals surface area contributed by atoms with Crippen LogP contribution in [0.25, 0.3) is 0 Å². The number of ether oxygens (including phenoxy) is 2. The Hall–Kier alpha value is -2.55. The summed E-state index contributed by atoms with van der Waals surface area (Å²) in [5.41, 5.74) is 0.366. The van der Waals surface area contributed by atoms with Crippen LogP contribution in [0.3, 0.4) is 0 Å². The van der Waals surface area contributed by atoms with Gasteiger partial charge in [0.2, 0.25) is 5.88 Å². The third kappa shape index (κ3) is 6.71. The Morgan fingerprint density at radius 2 is 1.68 bits per heavy atom. The zero-order valence-corrected chi connectivity index (χ0v) is 23.4. The number of aromatic nitrogens is 1. The van der Waals surface area contributed by atoms with E-state index in [0.29, 0.717) is 24.5 Å². The predicted molar refractivity (Wildman–Crippen MR) is 147 cm³/mol. The standard InChI is InChI=1S/C29H45N5O4/c1-29(2,3)38-27(35)31-21-7-6-16-32(20-21)22-10-12-23(13-11-22)33-17-18-34(28(33)36)24-14-15-26(30-19-24)37-25-8-4-5-9-25/h14-15,19,21-23,25H,4-13,16-18,20H2,1-3H3,(H,31,35)/t21-,22?,23?/m1/s1. The first-order valence-electron chi connectivity index (χ1n) is 14.7. The van der Waals surface area contributed by atoms with E-state index >= 15 is 0 Å². The largest absolute Gasteiger partial charge is 0.474 e. The van der Waals surface area contributed by atoms with E-state index in [1.807, 2.05) is 37.8 Å². The van der Waals surface area contributed by atoms with Crippen LogP contribution >= 0.6 is 0 Å². The highest BCUT2D eigenvalue weighted by atomic mass is 16.6. The number of nitrogens with zero attached hydrogens (tertiary/aromatic N) is 4. The number of alkyl carbamates (subject to hydrolysis) is 1. The van der Waals surface area contributed by atoms with E-state index < -0.39 is 5.60 Å². The van der Waals surface area contributed by atoms with Crippen LogP contribution in [-0.2, 0) is 4.74 Å². The Kier molecular flexibility index (Phi) is 8.31. The molecule has 3 heterocycles. The van der Waals surface area contributed by atoms with Gasteiger partial charge in [0.15, 0.2) is 0 Å². The fraction of sp³-hybridized carbons (Fsp3) is 0.759. The highest BCUT2D eigenvalue weighted by Gasteiger charge is 2.38. The van der Waals surface area contributed by atoms with Gasteiger partial charge in [0.05, 0.1) is 11.9 Å². The van der Waals surface area contributed by atoms with Gasteiger partial charge in [-0.3, -0.25) is 9.80 Å². The first-order valence-corrected chi connectivity index (χ1v) is 14.7. The molecular formula is C29H45N5O4. The third-order valence-electron chi connectivity index (χ3n) is 8.46. The Balaban J connectivity index is 1.08. The maximum atomic E-state index is 13.3. The molecule has 9 nitrogen and oxygen atoms in total.